The summed E-state index contributed by atoms with van der Waals surface area (Å²) < 4.78 is 5.20. The third kappa shape index (κ3) is 15.7. The van der Waals surface area contributed by atoms with Crippen LogP contribution in [0.1, 0.15) is 89.0 Å². The zero-order valence-corrected chi connectivity index (χ0v) is 18.5. The summed E-state index contributed by atoms with van der Waals surface area (Å²) in [4.78, 5) is 13.6. The summed E-state index contributed by atoms with van der Waals surface area (Å²) in [5.74, 6) is -0.0365. The van der Waals surface area contributed by atoms with E-state index < -0.39 is 0 Å². The Morgan fingerprint density at radius 2 is 1.25 bits per heavy atom. The van der Waals surface area contributed by atoms with Gasteiger partial charge in [0.2, 0.25) is 0 Å². The summed E-state index contributed by atoms with van der Waals surface area (Å²) in [6.45, 7) is 1.32. The summed E-state index contributed by atoms with van der Waals surface area (Å²) in [5, 5.41) is 0. The maximum Gasteiger partial charge on any atom is 0.305 e. The summed E-state index contributed by atoms with van der Waals surface area (Å²) >= 11 is 0. The smallest absolute Gasteiger partial charge is 0.305 e. The van der Waals surface area contributed by atoms with Crippen molar-refractivity contribution in [1.29, 1.82) is 0 Å². The predicted octanol–water partition coefficient (Wildman–Crippen LogP) is 6.41. The molecule has 28 heavy (non-hydrogen) atoms. The number of hydrogen-bond acceptors (Lipinski definition) is 3. The van der Waals surface area contributed by atoms with Crippen LogP contribution in [0.5, 0.6) is 0 Å². The van der Waals surface area contributed by atoms with Gasteiger partial charge in [0.15, 0.2) is 0 Å². The number of carbonyl (C=O) groups excluding carboxylic acids is 1. The fourth-order valence-corrected chi connectivity index (χ4v) is 3.43. The molecule has 0 atom stereocenters. The van der Waals surface area contributed by atoms with Gasteiger partial charge in [-0.05, 0) is 38.9 Å². The van der Waals surface area contributed by atoms with E-state index in [4.69, 9.17) is 4.74 Å². The van der Waals surface area contributed by atoms with Crippen molar-refractivity contribution in [1.82, 2.24) is 4.90 Å². The third-order valence-corrected chi connectivity index (χ3v) is 5.24. The van der Waals surface area contributed by atoms with Crippen LogP contribution in [-0.2, 0) is 16.0 Å². The molecule has 0 spiro atoms. The van der Waals surface area contributed by atoms with Crippen molar-refractivity contribution in [3.63, 3.8) is 0 Å². The van der Waals surface area contributed by atoms with E-state index in [1.54, 1.807) is 0 Å². The second-order valence-electron chi connectivity index (χ2n) is 8.25. The van der Waals surface area contributed by atoms with Crippen molar-refractivity contribution in [3.8, 4) is 0 Å². The number of unbranched alkanes of at least 4 members (excludes halogenated alkanes) is 11. The second kappa shape index (κ2) is 17.7. The molecule has 1 aromatic rings. The van der Waals surface area contributed by atoms with Crippen LogP contribution in [0, 0.1) is 0 Å². The second-order valence-corrected chi connectivity index (χ2v) is 8.25. The first-order valence-corrected chi connectivity index (χ1v) is 11.5. The highest BCUT2D eigenvalue weighted by Crippen LogP contribution is 2.13. The number of nitrogens with zero attached hydrogens (tertiary/aromatic N) is 1. The molecule has 0 bridgehead atoms. The maximum absolute atomic E-state index is 11.6. The largest absolute Gasteiger partial charge is 0.464 e. The molecule has 0 saturated heterocycles. The van der Waals surface area contributed by atoms with Crippen molar-refractivity contribution < 1.29 is 9.53 Å². The summed E-state index contributed by atoms with van der Waals surface area (Å²) in [6, 6.07) is 10.8. The predicted molar refractivity (Wildman–Crippen MR) is 120 cm³/mol. The zero-order chi connectivity index (χ0) is 20.3. The van der Waals surface area contributed by atoms with E-state index in [-0.39, 0.29) is 5.97 Å². The number of ether oxygens (including phenoxy) is 1. The average molecular weight is 390 g/mol. The summed E-state index contributed by atoms with van der Waals surface area (Å²) in [5.41, 5.74) is 1.48. The van der Waals surface area contributed by atoms with E-state index in [1.165, 1.54) is 76.2 Å². The SMILES string of the molecule is CN(C)CCOC(=O)CCCCCCCCCCCCCCc1ccccc1. The molecule has 0 N–H and O–H groups in total. The Hall–Kier alpha value is -1.35. The normalized spacial score (nSPS) is 11.1. The molecule has 0 amide bonds. The van der Waals surface area contributed by atoms with Crippen LogP contribution in [0.4, 0.5) is 0 Å². The Morgan fingerprint density at radius 1 is 0.750 bits per heavy atom. The Balaban J connectivity index is 1.74. The molecule has 3 nitrogen and oxygen atoms in total. The van der Waals surface area contributed by atoms with Gasteiger partial charge in [0.25, 0.3) is 0 Å². The molecular weight excluding hydrogens is 346 g/mol. The minimum Gasteiger partial charge on any atom is -0.464 e. The molecule has 1 rings (SSSR count). The van der Waals surface area contributed by atoms with E-state index in [2.05, 4.69) is 30.3 Å². The lowest BCUT2D eigenvalue weighted by Gasteiger charge is -2.09. The molecule has 0 saturated carbocycles. The van der Waals surface area contributed by atoms with Gasteiger partial charge in [-0.25, -0.2) is 0 Å². The Labute approximate surface area is 173 Å². The van der Waals surface area contributed by atoms with Gasteiger partial charge >= 0.3 is 5.97 Å². The molecule has 0 aliphatic rings. The van der Waals surface area contributed by atoms with Crippen LogP contribution < -0.4 is 0 Å². The first-order chi connectivity index (χ1) is 13.7. The number of likely N-dealkylation sites (N-methyl/N-ethyl adjacent to an activating group) is 1. The number of rotatable bonds is 18. The van der Waals surface area contributed by atoms with E-state index in [0.717, 1.165) is 19.4 Å². The van der Waals surface area contributed by atoms with E-state index >= 15 is 0 Å². The summed E-state index contributed by atoms with van der Waals surface area (Å²) in [6.07, 6.45) is 17.5. The number of benzene rings is 1. The molecule has 0 aromatic heterocycles. The molecule has 0 fully saturated rings. The number of hydrogen-bond donors (Lipinski definition) is 0. The van der Waals surface area contributed by atoms with Gasteiger partial charge in [-0.3, -0.25) is 4.79 Å². The van der Waals surface area contributed by atoms with E-state index in [0.29, 0.717) is 13.0 Å². The standard InChI is InChI=1S/C25H43NO2/c1-26(2)22-23-28-25(27)21-17-12-10-8-6-4-3-5-7-9-11-14-18-24-19-15-13-16-20-24/h13,15-16,19-20H,3-12,14,17-18,21-23H2,1-2H3. The van der Waals surface area contributed by atoms with Crippen LogP contribution in [0.25, 0.3) is 0 Å². The fraction of sp³-hybridized carbons (Fsp3) is 0.720. The topological polar surface area (TPSA) is 29.5 Å². The zero-order valence-electron chi connectivity index (χ0n) is 18.5. The van der Waals surface area contributed by atoms with E-state index in [1.807, 2.05) is 19.0 Å². The highest BCUT2D eigenvalue weighted by molar-refractivity contribution is 5.69. The molecule has 0 aliphatic heterocycles. The number of esters is 1. The van der Waals surface area contributed by atoms with Crippen molar-refractivity contribution in [2.45, 2.75) is 89.9 Å². The molecule has 160 valence electrons. The lowest BCUT2D eigenvalue weighted by Crippen LogP contribution is -2.20. The minimum atomic E-state index is -0.0365. The van der Waals surface area contributed by atoms with Gasteiger partial charge in [-0.15, -0.1) is 0 Å². The minimum absolute atomic E-state index is 0.0365. The molecule has 1 aromatic carbocycles. The highest BCUT2D eigenvalue weighted by atomic mass is 16.5. The molecule has 0 aliphatic carbocycles. The van der Waals surface area contributed by atoms with Crippen molar-refractivity contribution >= 4 is 5.97 Å². The van der Waals surface area contributed by atoms with Crippen molar-refractivity contribution in [2.24, 2.45) is 0 Å². The van der Waals surface area contributed by atoms with Crippen molar-refractivity contribution in [3.05, 3.63) is 35.9 Å². The van der Waals surface area contributed by atoms with Gasteiger partial charge in [0, 0.05) is 13.0 Å². The van der Waals surface area contributed by atoms with Gasteiger partial charge in [0.1, 0.15) is 6.61 Å². The molecular formula is C25H43NO2. The van der Waals surface area contributed by atoms with Crippen LogP contribution in [0.2, 0.25) is 0 Å². The third-order valence-electron chi connectivity index (χ3n) is 5.24. The molecule has 3 heteroatoms. The Morgan fingerprint density at radius 3 is 1.79 bits per heavy atom. The fourth-order valence-electron chi connectivity index (χ4n) is 3.43. The monoisotopic (exact) mass is 389 g/mol. The number of carbonyl (C=O) groups is 1. The molecule has 0 unspecified atom stereocenters. The average Bonchev–Trinajstić information content (AvgIpc) is 2.68. The first-order valence-electron chi connectivity index (χ1n) is 11.5. The Kier molecular flexibility index (Phi) is 15.6. The first kappa shape index (κ1) is 24.7. The van der Waals surface area contributed by atoms with Crippen molar-refractivity contribution in [2.75, 3.05) is 27.2 Å². The van der Waals surface area contributed by atoms with E-state index in [9.17, 15) is 4.79 Å². The molecule has 0 heterocycles. The summed E-state index contributed by atoms with van der Waals surface area (Å²) in [7, 11) is 3.97. The lowest BCUT2D eigenvalue weighted by atomic mass is 10.0. The van der Waals surface area contributed by atoms with Crippen LogP contribution in [-0.4, -0.2) is 38.1 Å². The highest BCUT2D eigenvalue weighted by Gasteiger charge is 2.02. The quantitative estimate of drug-likeness (QED) is 0.215. The van der Waals surface area contributed by atoms with Crippen LogP contribution in [0.15, 0.2) is 30.3 Å². The molecule has 0 radical (unpaired) electrons. The van der Waals surface area contributed by atoms with Gasteiger partial charge in [-0.2, -0.15) is 0 Å². The maximum atomic E-state index is 11.6. The number of aryl methyl sites for hydroxylation is 1. The van der Waals surface area contributed by atoms with Gasteiger partial charge in [0.05, 0.1) is 0 Å². The lowest BCUT2D eigenvalue weighted by molar-refractivity contribution is -0.144. The van der Waals surface area contributed by atoms with Gasteiger partial charge < -0.3 is 9.64 Å². The Bertz CT molecular complexity index is 473. The van der Waals surface area contributed by atoms with Crippen LogP contribution >= 0.6 is 0 Å². The van der Waals surface area contributed by atoms with Gasteiger partial charge in [-0.1, -0.05) is 94.5 Å². The van der Waals surface area contributed by atoms with Crippen LogP contribution in [0.3, 0.4) is 0 Å².